The van der Waals surface area contributed by atoms with Crippen LogP contribution in [-0.2, 0) is 4.79 Å². The molecule has 2 aromatic rings. The molecule has 1 aliphatic rings. The third kappa shape index (κ3) is 3.99. The molecular weight excluding hydrogens is 320 g/mol. The van der Waals surface area contributed by atoms with Crippen LogP contribution in [-0.4, -0.2) is 59.1 Å². The first kappa shape index (κ1) is 17.4. The Morgan fingerprint density at radius 1 is 1.28 bits per heavy atom. The number of carbonyl (C=O) groups is 1. The summed E-state index contributed by atoms with van der Waals surface area (Å²) < 4.78 is 11.0. The quantitative estimate of drug-likeness (QED) is 0.843. The Labute approximate surface area is 147 Å². The van der Waals surface area contributed by atoms with Crippen LogP contribution >= 0.6 is 0 Å². The molecule has 0 unspecified atom stereocenters. The number of nitrogens with zero attached hydrogens (tertiary/aromatic N) is 4. The molecule has 1 atom stereocenters. The van der Waals surface area contributed by atoms with Crippen LogP contribution in [0.15, 0.2) is 22.7 Å². The van der Waals surface area contributed by atoms with E-state index in [9.17, 15) is 4.79 Å². The molecule has 1 amide bonds. The van der Waals surface area contributed by atoms with Crippen LogP contribution < -0.4 is 4.74 Å². The SMILES string of the molecule is Cc1noc([C@H]2CN(C(=O)COc3ccc(C)c(C)c3)CCN2C)n1. The maximum Gasteiger partial charge on any atom is 0.260 e. The van der Waals surface area contributed by atoms with Gasteiger partial charge in [-0.1, -0.05) is 11.2 Å². The number of carbonyl (C=O) groups excluding carboxylic acids is 1. The number of ether oxygens (including phenoxy) is 1. The third-order valence-corrected chi connectivity index (χ3v) is 4.67. The van der Waals surface area contributed by atoms with Gasteiger partial charge in [-0.15, -0.1) is 0 Å². The smallest absolute Gasteiger partial charge is 0.260 e. The predicted octanol–water partition coefficient (Wildman–Crippen LogP) is 1.89. The van der Waals surface area contributed by atoms with Crippen molar-refractivity contribution in [1.82, 2.24) is 19.9 Å². The highest BCUT2D eigenvalue weighted by molar-refractivity contribution is 5.78. The lowest BCUT2D eigenvalue weighted by Gasteiger charge is -2.37. The second-order valence-electron chi connectivity index (χ2n) is 6.55. The van der Waals surface area contributed by atoms with Crippen molar-refractivity contribution in [3.63, 3.8) is 0 Å². The summed E-state index contributed by atoms with van der Waals surface area (Å²) >= 11 is 0. The molecule has 0 spiro atoms. The predicted molar refractivity (Wildman–Crippen MR) is 92.4 cm³/mol. The number of likely N-dealkylation sites (N-methyl/N-ethyl adjacent to an activating group) is 1. The van der Waals surface area contributed by atoms with E-state index in [0.717, 1.165) is 17.9 Å². The topological polar surface area (TPSA) is 71.7 Å². The van der Waals surface area contributed by atoms with Gasteiger partial charge in [0.2, 0.25) is 5.89 Å². The van der Waals surface area contributed by atoms with Gasteiger partial charge in [-0.2, -0.15) is 4.98 Å². The Kier molecular flexibility index (Phi) is 5.03. The first-order chi connectivity index (χ1) is 11.9. The minimum Gasteiger partial charge on any atom is -0.484 e. The molecule has 0 aliphatic carbocycles. The molecule has 1 aliphatic heterocycles. The maximum absolute atomic E-state index is 12.5. The van der Waals surface area contributed by atoms with Crippen LogP contribution in [0.2, 0.25) is 0 Å². The van der Waals surface area contributed by atoms with Crippen molar-refractivity contribution in [3.8, 4) is 5.75 Å². The average Bonchev–Trinajstić information content (AvgIpc) is 3.02. The number of rotatable bonds is 4. The van der Waals surface area contributed by atoms with E-state index in [1.165, 1.54) is 5.56 Å². The number of piperazine rings is 1. The molecule has 1 saturated heterocycles. The van der Waals surface area contributed by atoms with Gasteiger partial charge in [-0.25, -0.2) is 0 Å². The van der Waals surface area contributed by atoms with Gasteiger partial charge >= 0.3 is 0 Å². The number of hydrogen-bond acceptors (Lipinski definition) is 6. The largest absolute Gasteiger partial charge is 0.484 e. The van der Waals surface area contributed by atoms with E-state index < -0.39 is 0 Å². The number of amides is 1. The molecule has 0 N–H and O–H groups in total. The first-order valence-electron chi connectivity index (χ1n) is 8.42. The van der Waals surface area contributed by atoms with Crippen molar-refractivity contribution in [2.24, 2.45) is 0 Å². The Hall–Kier alpha value is -2.41. The van der Waals surface area contributed by atoms with Gasteiger partial charge in [0.25, 0.3) is 5.91 Å². The van der Waals surface area contributed by atoms with E-state index in [0.29, 0.717) is 24.8 Å². The Morgan fingerprint density at radius 3 is 2.76 bits per heavy atom. The zero-order chi connectivity index (χ0) is 18.0. The lowest BCUT2D eigenvalue weighted by Crippen LogP contribution is -2.50. The van der Waals surface area contributed by atoms with Crippen LogP contribution in [0.4, 0.5) is 0 Å². The van der Waals surface area contributed by atoms with Crippen molar-refractivity contribution in [3.05, 3.63) is 41.0 Å². The summed E-state index contributed by atoms with van der Waals surface area (Å²) in [6.07, 6.45) is 0. The molecule has 25 heavy (non-hydrogen) atoms. The van der Waals surface area contributed by atoms with Crippen molar-refractivity contribution >= 4 is 5.91 Å². The van der Waals surface area contributed by atoms with Gasteiger partial charge in [0.1, 0.15) is 11.8 Å². The van der Waals surface area contributed by atoms with Crippen LogP contribution in [0.3, 0.4) is 0 Å². The van der Waals surface area contributed by atoms with Gasteiger partial charge < -0.3 is 14.2 Å². The van der Waals surface area contributed by atoms with E-state index in [2.05, 4.69) is 15.0 Å². The van der Waals surface area contributed by atoms with Crippen molar-refractivity contribution in [2.45, 2.75) is 26.8 Å². The summed E-state index contributed by atoms with van der Waals surface area (Å²) in [7, 11) is 2.00. The summed E-state index contributed by atoms with van der Waals surface area (Å²) in [6, 6.07) is 5.76. The Morgan fingerprint density at radius 2 is 2.08 bits per heavy atom. The molecule has 0 radical (unpaired) electrons. The summed E-state index contributed by atoms with van der Waals surface area (Å²) in [4.78, 5) is 20.8. The van der Waals surface area contributed by atoms with Gasteiger partial charge in [-0.05, 0) is 51.1 Å². The molecule has 3 rings (SSSR count). The van der Waals surface area contributed by atoms with Crippen LogP contribution in [0.1, 0.15) is 28.9 Å². The second-order valence-corrected chi connectivity index (χ2v) is 6.55. The van der Waals surface area contributed by atoms with Crippen molar-refractivity contribution in [2.75, 3.05) is 33.3 Å². The zero-order valence-corrected chi connectivity index (χ0v) is 15.2. The molecule has 7 heteroatoms. The normalized spacial score (nSPS) is 18.4. The molecule has 0 saturated carbocycles. The van der Waals surface area contributed by atoms with Crippen LogP contribution in [0.5, 0.6) is 5.75 Å². The summed E-state index contributed by atoms with van der Waals surface area (Å²) in [5, 5.41) is 3.85. The van der Waals surface area contributed by atoms with Crippen molar-refractivity contribution < 1.29 is 14.1 Å². The number of aromatic nitrogens is 2. The highest BCUT2D eigenvalue weighted by Gasteiger charge is 2.32. The average molecular weight is 344 g/mol. The Balaban J connectivity index is 1.60. The summed E-state index contributed by atoms with van der Waals surface area (Å²) in [5.74, 6) is 1.83. The molecule has 0 bridgehead atoms. The van der Waals surface area contributed by atoms with E-state index in [-0.39, 0.29) is 18.6 Å². The fourth-order valence-electron chi connectivity index (χ4n) is 2.86. The Bertz CT molecular complexity index is 759. The highest BCUT2D eigenvalue weighted by Crippen LogP contribution is 2.23. The van der Waals surface area contributed by atoms with Gasteiger partial charge in [0.05, 0.1) is 0 Å². The van der Waals surface area contributed by atoms with E-state index in [1.54, 1.807) is 11.8 Å². The van der Waals surface area contributed by atoms with Gasteiger partial charge in [0.15, 0.2) is 12.4 Å². The first-order valence-corrected chi connectivity index (χ1v) is 8.42. The van der Waals surface area contributed by atoms with E-state index >= 15 is 0 Å². The summed E-state index contributed by atoms with van der Waals surface area (Å²) in [5.41, 5.74) is 2.35. The molecule has 1 aromatic heterocycles. The minimum atomic E-state index is -0.0829. The van der Waals surface area contributed by atoms with Crippen LogP contribution in [0.25, 0.3) is 0 Å². The van der Waals surface area contributed by atoms with Gasteiger partial charge in [-0.3, -0.25) is 9.69 Å². The lowest BCUT2D eigenvalue weighted by molar-refractivity contribution is -0.136. The van der Waals surface area contributed by atoms with E-state index in [1.807, 2.05) is 39.1 Å². The van der Waals surface area contributed by atoms with E-state index in [4.69, 9.17) is 9.26 Å². The molecule has 7 nitrogen and oxygen atoms in total. The maximum atomic E-state index is 12.5. The molecular formula is C18H24N4O3. The lowest BCUT2D eigenvalue weighted by atomic mass is 10.1. The van der Waals surface area contributed by atoms with Gasteiger partial charge in [0, 0.05) is 19.6 Å². The molecule has 134 valence electrons. The van der Waals surface area contributed by atoms with Crippen LogP contribution in [0, 0.1) is 20.8 Å². The second kappa shape index (κ2) is 7.23. The fraction of sp³-hybridized carbons (Fsp3) is 0.500. The molecule has 1 fully saturated rings. The fourth-order valence-corrected chi connectivity index (χ4v) is 2.86. The van der Waals surface area contributed by atoms with Crippen molar-refractivity contribution in [1.29, 1.82) is 0 Å². The number of aryl methyl sites for hydroxylation is 3. The zero-order valence-electron chi connectivity index (χ0n) is 15.2. The monoisotopic (exact) mass is 344 g/mol. The summed E-state index contributed by atoms with van der Waals surface area (Å²) in [6.45, 7) is 7.83. The molecule has 1 aromatic carbocycles. The highest BCUT2D eigenvalue weighted by atomic mass is 16.5. The molecule has 2 heterocycles. The minimum absolute atomic E-state index is 0.0296. The third-order valence-electron chi connectivity index (χ3n) is 4.67. The standard InChI is InChI=1S/C18H24N4O3/c1-12-5-6-15(9-13(12)2)24-11-17(23)22-8-7-21(4)16(10-22)18-19-14(3)20-25-18/h5-6,9,16H,7-8,10-11H2,1-4H3/t16-/m1/s1. The number of benzene rings is 1. The number of hydrogen-bond donors (Lipinski definition) is 0.